The Kier molecular flexibility index (Phi) is 7.96. The van der Waals surface area contributed by atoms with Crippen LogP contribution in [0.1, 0.15) is 20.7 Å². The van der Waals surface area contributed by atoms with Crippen LogP contribution in [0.3, 0.4) is 0 Å². The molecule has 0 heterocycles. The van der Waals surface area contributed by atoms with E-state index in [4.69, 9.17) is 21.7 Å². The molecule has 2 amide bonds. The molecule has 3 aromatic carbocycles. The van der Waals surface area contributed by atoms with Gasteiger partial charge in [-0.25, -0.2) is 0 Å². The number of hydrogen-bond acceptors (Lipinski definition) is 5. The van der Waals surface area contributed by atoms with Gasteiger partial charge in [-0.15, -0.1) is 0 Å². The summed E-state index contributed by atoms with van der Waals surface area (Å²) in [5.74, 6) is 0.618. The summed E-state index contributed by atoms with van der Waals surface area (Å²) >= 11 is 5.04. The van der Waals surface area contributed by atoms with Crippen LogP contribution in [-0.4, -0.2) is 30.1 Å². The van der Waals surface area contributed by atoms with Crippen LogP contribution in [0, 0.1) is 0 Å². The lowest BCUT2D eigenvalue weighted by atomic mass is 10.2. The fourth-order valence-corrected chi connectivity index (χ4v) is 2.66. The van der Waals surface area contributed by atoms with E-state index < -0.39 is 5.91 Å². The maximum Gasteiger partial charge on any atom is 0.269 e. The molecule has 0 saturated heterocycles. The van der Waals surface area contributed by atoms with Gasteiger partial charge in [0.2, 0.25) is 0 Å². The van der Waals surface area contributed by atoms with E-state index in [2.05, 4.69) is 16.2 Å². The highest BCUT2D eigenvalue weighted by molar-refractivity contribution is 7.80. The normalized spacial score (nSPS) is 9.94. The Hall–Kier alpha value is -3.91. The molecule has 0 saturated carbocycles. The summed E-state index contributed by atoms with van der Waals surface area (Å²) in [6.07, 6.45) is 0. The Balaban J connectivity index is 1.39. The molecule has 3 rings (SSSR count). The van der Waals surface area contributed by atoms with Gasteiger partial charge in [0.25, 0.3) is 11.8 Å². The van der Waals surface area contributed by atoms with Crippen LogP contribution in [0.4, 0.5) is 0 Å². The number of nitrogens with one attached hydrogen (secondary N) is 3. The minimum absolute atomic E-state index is 0.0207. The van der Waals surface area contributed by atoms with Gasteiger partial charge < -0.3 is 9.47 Å². The van der Waals surface area contributed by atoms with Crippen molar-refractivity contribution < 1.29 is 19.1 Å². The van der Waals surface area contributed by atoms with Crippen molar-refractivity contribution in [1.29, 1.82) is 0 Å². The minimum Gasteiger partial charge on any atom is -0.490 e. The Morgan fingerprint density at radius 2 is 1.16 bits per heavy atom. The maximum absolute atomic E-state index is 12.3. The Bertz CT molecular complexity index is 1010. The number of amides is 2. The molecule has 0 aliphatic rings. The molecule has 0 spiro atoms. The number of carbonyl (C=O) groups excluding carboxylic acids is 2. The molecule has 31 heavy (non-hydrogen) atoms. The summed E-state index contributed by atoms with van der Waals surface area (Å²) in [5, 5.41) is 2.48. The summed E-state index contributed by atoms with van der Waals surface area (Å²) in [5.41, 5.74) is 5.79. The maximum atomic E-state index is 12.3. The SMILES string of the molecule is O=C(NNC(=S)NC(=O)c1ccc(OCCOc2ccccc2)cc1)c1ccccc1. The lowest BCUT2D eigenvalue weighted by molar-refractivity contribution is 0.0934. The van der Waals surface area contributed by atoms with Gasteiger partial charge in [-0.05, 0) is 60.7 Å². The molecule has 0 atom stereocenters. The van der Waals surface area contributed by atoms with E-state index in [0.29, 0.717) is 30.1 Å². The number of rotatable bonds is 7. The van der Waals surface area contributed by atoms with Gasteiger partial charge in [-0.3, -0.25) is 25.8 Å². The van der Waals surface area contributed by atoms with Crippen LogP contribution in [0.15, 0.2) is 84.9 Å². The average molecular weight is 436 g/mol. The van der Waals surface area contributed by atoms with Crippen molar-refractivity contribution in [2.75, 3.05) is 13.2 Å². The molecule has 158 valence electrons. The van der Waals surface area contributed by atoms with E-state index in [-0.39, 0.29) is 11.0 Å². The molecule has 0 aliphatic heterocycles. The first-order valence-electron chi connectivity index (χ1n) is 9.49. The molecule has 0 bridgehead atoms. The second-order valence-corrected chi connectivity index (χ2v) is 6.67. The number of carbonyl (C=O) groups is 2. The second kappa shape index (κ2) is 11.3. The van der Waals surface area contributed by atoms with Gasteiger partial charge in [0.1, 0.15) is 24.7 Å². The van der Waals surface area contributed by atoms with Crippen molar-refractivity contribution in [2.24, 2.45) is 0 Å². The quantitative estimate of drug-likeness (QED) is 0.300. The van der Waals surface area contributed by atoms with Crippen molar-refractivity contribution in [3.05, 3.63) is 96.1 Å². The molecule has 0 radical (unpaired) electrons. The number of ether oxygens (including phenoxy) is 2. The number of para-hydroxylation sites is 1. The third kappa shape index (κ3) is 7.13. The van der Waals surface area contributed by atoms with Crippen LogP contribution >= 0.6 is 12.2 Å². The van der Waals surface area contributed by atoms with Crippen LogP contribution < -0.4 is 25.6 Å². The molecule has 0 aliphatic carbocycles. The molecule has 3 aromatic rings. The lowest BCUT2D eigenvalue weighted by Crippen LogP contribution is -2.48. The van der Waals surface area contributed by atoms with E-state index in [1.54, 1.807) is 48.5 Å². The van der Waals surface area contributed by atoms with Crippen molar-refractivity contribution in [3.8, 4) is 11.5 Å². The molecule has 0 unspecified atom stereocenters. The van der Waals surface area contributed by atoms with E-state index in [1.165, 1.54) is 0 Å². The number of hydrogen-bond donors (Lipinski definition) is 3. The van der Waals surface area contributed by atoms with Crippen molar-refractivity contribution >= 4 is 29.1 Å². The summed E-state index contributed by atoms with van der Waals surface area (Å²) in [6.45, 7) is 0.774. The van der Waals surface area contributed by atoms with E-state index in [9.17, 15) is 9.59 Å². The van der Waals surface area contributed by atoms with Gasteiger partial charge in [0.15, 0.2) is 5.11 Å². The predicted octanol–water partition coefficient (Wildman–Crippen LogP) is 3.09. The monoisotopic (exact) mass is 435 g/mol. The van der Waals surface area contributed by atoms with E-state index in [0.717, 1.165) is 5.75 Å². The number of thiocarbonyl (C=S) groups is 1. The van der Waals surface area contributed by atoms with Crippen LogP contribution in [-0.2, 0) is 0 Å². The zero-order valence-corrected chi connectivity index (χ0v) is 17.4. The van der Waals surface area contributed by atoms with E-state index >= 15 is 0 Å². The fourth-order valence-electron chi connectivity index (χ4n) is 2.52. The van der Waals surface area contributed by atoms with Gasteiger partial charge in [-0.2, -0.15) is 0 Å². The third-order valence-corrected chi connectivity index (χ3v) is 4.24. The lowest BCUT2D eigenvalue weighted by Gasteiger charge is -2.11. The number of hydrazine groups is 1. The molecule has 0 aromatic heterocycles. The van der Waals surface area contributed by atoms with Crippen LogP contribution in [0.5, 0.6) is 11.5 Å². The Morgan fingerprint density at radius 1 is 0.645 bits per heavy atom. The fraction of sp³-hybridized carbons (Fsp3) is 0.0870. The summed E-state index contributed by atoms with van der Waals surface area (Å²) in [4.78, 5) is 24.2. The zero-order chi connectivity index (χ0) is 21.9. The highest BCUT2D eigenvalue weighted by atomic mass is 32.1. The van der Waals surface area contributed by atoms with Gasteiger partial charge in [0, 0.05) is 11.1 Å². The van der Waals surface area contributed by atoms with Crippen molar-refractivity contribution in [3.63, 3.8) is 0 Å². The zero-order valence-electron chi connectivity index (χ0n) is 16.5. The van der Waals surface area contributed by atoms with Gasteiger partial charge in [0.05, 0.1) is 0 Å². The highest BCUT2D eigenvalue weighted by Gasteiger charge is 2.09. The average Bonchev–Trinajstić information content (AvgIpc) is 2.82. The van der Waals surface area contributed by atoms with Gasteiger partial charge >= 0.3 is 0 Å². The van der Waals surface area contributed by atoms with Gasteiger partial charge in [-0.1, -0.05) is 36.4 Å². The van der Waals surface area contributed by atoms with Crippen LogP contribution in [0.2, 0.25) is 0 Å². The predicted molar refractivity (Wildman–Crippen MR) is 121 cm³/mol. The topological polar surface area (TPSA) is 88.7 Å². The Labute approximate surface area is 185 Å². The third-order valence-electron chi connectivity index (χ3n) is 4.03. The first-order valence-corrected chi connectivity index (χ1v) is 9.90. The molecule has 7 nitrogen and oxygen atoms in total. The summed E-state index contributed by atoms with van der Waals surface area (Å²) in [6, 6.07) is 24.7. The Morgan fingerprint density at radius 3 is 1.77 bits per heavy atom. The second-order valence-electron chi connectivity index (χ2n) is 6.26. The van der Waals surface area contributed by atoms with E-state index in [1.807, 2.05) is 36.4 Å². The molecular formula is C23H21N3O4S. The highest BCUT2D eigenvalue weighted by Crippen LogP contribution is 2.13. The van der Waals surface area contributed by atoms with Crippen LogP contribution in [0.25, 0.3) is 0 Å². The molecule has 8 heteroatoms. The first kappa shape index (κ1) is 21.8. The smallest absolute Gasteiger partial charge is 0.269 e. The van der Waals surface area contributed by atoms with Crippen molar-refractivity contribution in [1.82, 2.24) is 16.2 Å². The first-order chi connectivity index (χ1) is 15.1. The molecular weight excluding hydrogens is 414 g/mol. The largest absolute Gasteiger partial charge is 0.490 e. The van der Waals surface area contributed by atoms with Crippen molar-refractivity contribution in [2.45, 2.75) is 0 Å². The minimum atomic E-state index is -0.412. The standard InChI is InChI=1S/C23H21N3O4S/c27-21(24-23(31)26-25-22(28)17-7-3-1-4-8-17)18-11-13-20(14-12-18)30-16-15-29-19-9-5-2-6-10-19/h1-14H,15-16H2,(H,25,28)(H2,24,26,27,31). The summed E-state index contributed by atoms with van der Waals surface area (Å²) in [7, 11) is 0. The summed E-state index contributed by atoms with van der Waals surface area (Å²) < 4.78 is 11.2. The molecule has 0 fully saturated rings. The molecule has 3 N–H and O–H groups in total. The number of benzene rings is 3.